The normalized spacial score (nSPS) is 19.1. The third-order valence-electron chi connectivity index (χ3n) is 5.77. The summed E-state index contributed by atoms with van der Waals surface area (Å²) in [7, 11) is 1.26. The predicted octanol–water partition coefficient (Wildman–Crippen LogP) is 0.925. The van der Waals surface area contributed by atoms with Gasteiger partial charge in [0.05, 0.1) is 19.8 Å². The van der Waals surface area contributed by atoms with E-state index in [-0.39, 0.29) is 43.8 Å². The first-order valence-electron chi connectivity index (χ1n) is 11.5. The number of amides is 3. The molecule has 4 atom stereocenters. The Balaban J connectivity index is 2.21. The van der Waals surface area contributed by atoms with E-state index < -0.39 is 41.8 Å². The molecular formula is C25H35N3O7. The average molecular weight is 490 g/mol. The molecule has 10 heteroatoms. The van der Waals surface area contributed by atoms with Crippen molar-refractivity contribution in [2.75, 3.05) is 20.3 Å². The molecule has 2 rings (SSSR count). The fraction of sp³-hybridized carbons (Fsp3) is 0.520. The molecule has 1 heterocycles. The second kappa shape index (κ2) is 12.9. The zero-order valence-corrected chi connectivity index (χ0v) is 20.7. The molecule has 1 unspecified atom stereocenters. The van der Waals surface area contributed by atoms with Crippen molar-refractivity contribution >= 4 is 23.7 Å². The zero-order chi connectivity index (χ0) is 26.1. The maximum atomic E-state index is 13.5. The van der Waals surface area contributed by atoms with Gasteiger partial charge in [-0.05, 0) is 23.6 Å². The molecule has 1 aliphatic heterocycles. The summed E-state index contributed by atoms with van der Waals surface area (Å²) in [5.74, 6) is -2.14. The first-order valence-corrected chi connectivity index (χ1v) is 11.5. The number of phenols is 1. The van der Waals surface area contributed by atoms with Gasteiger partial charge in [0.1, 0.15) is 23.9 Å². The Kier molecular flexibility index (Phi) is 10.3. The molecule has 0 spiro atoms. The lowest BCUT2D eigenvalue weighted by Gasteiger charge is -2.31. The van der Waals surface area contributed by atoms with Gasteiger partial charge >= 0.3 is 5.97 Å². The van der Waals surface area contributed by atoms with Crippen LogP contribution in [0.5, 0.6) is 5.75 Å². The van der Waals surface area contributed by atoms with Gasteiger partial charge in [-0.25, -0.2) is 4.79 Å². The van der Waals surface area contributed by atoms with Crippen LogP contribution < -0.4 is 10.6 Å². The van der Waals surface area contributed by atoms with Crippen molar-refractivity contribution in [1.29, 1.82) is 0 Å². The fourth-order valence-corrected chi connectivity index (χ4v) is 3.99. The highest BCUT2D eigenvalue weighted by molar-refractivity contribution is 5.94. The smallest absolute Gasteiger partial charge is 0.328 e. The number of rotatable bonds is 11. The number of benzene rings is 1. The van der Waals surface area contributed by atoms with Crippen LogP contribution in [0.2, 0.25) is 0 Å². The van der Waals surface area contributed by atoms with Crippen molar-refractivity contribution in [3.63, 3.8) is 0 Å². The van der Waals surface area contributed by atoms with E-state index in [9.17, 15) is 24.3 Å². The van der Waals surface area contributed by atoms with Gasteiger partial charge in [0.25, 0.3) is 0 Å². The van der Waals surface area contributed by atoms with E-state index in [1.165, 1.54) is 31.1 Å². The molecule has 1 aromatic carbocycles. The van der Waals surface area contributed by atoms with Gasteiger partial charge in [0, 0.05) is 26.3 Å². The van der Waals surface area contributed by atoms with Crippen LogP contribution in [0.3, 0.4) is 0 Å². The lowest BCUT2D eigenvalue weighted by atomic mass is 10.00. The Hall–Kier alpha value is -3.40. The van der Waals surface area contributed by atoms with E-state index in [0.29, 0.717) is 0 Å². The lowest BCUT2D eigenvalue weighted by Crippen LogP contribution is -2.57. The maximum absolute atomic E-state index is 13.5. The summed E-state index contributed by atoms with van der Waals surface area (Å²) in [6.45, 7) is 8.94. The van der Waals surface area contributed by atoms with Gasteiger partial charge in [-0.15, -0.1) is 6.58 Å². The number of methoxy groups -OCH3 is 1. The van der Waals surface area contributed by atoms with Crippen LogP contribution >= 0.6 is 0 Å². The molecule has 1 aliphatic rings. The Labute approximate surface area is 205 Å². The number of ether oxygens (including phenoxy) is 2. The number of carbonyl (C=O) groups excluding carboxylic acids is 4. The van der Waals surface area contributed by atoms with Crippen LogP contribution in [0.15, 0.2) is 36.9 Å². The van der Waals surface area contributed by atoms with Crippen LogP contribution in [0.25, 0.3) is 0 Å². The largest absolute Gasteiger partial charge is 0.508 e. The summed E-state index contributed by atoms with van der Waals surface area (Å²) in [4.78, 5) is 52.2. The summed E-state index contributed by atoms with van der Waals surface area (Å²) < 4.78 is 10.5. The van der Waals surface area contributed by atoms with Crippen LogP contribution in [0.1, 0.15) is 32.8 Å². The number of hydrogen-bond acceptors (Lipinski definition) is 7. The molecule has 10 nitrogen and oxygen atoms in total. The molecule has 0 bridgehead atoms. The second-order valence-electron chi connectivity index (χ2n) is 8.86. The second-order valence-corrected chi connectivity index (χ2v) is 8.86. The fourth-order valence-electron chi connectivity index (χ4n) is 3.99. The third kappa shape index (κ3) is 7.81. The van der Waals surface area contributed by atoms with Gasteiger partial charge in [0.15, 0.2) is 0 Å². The van der Waals surface area contributed by atoms with Crippen molar-refractivity contribution in [1.82, 2.24) is 15.5 Å². The monoisotopic (exact) mass is 489 g/mol. The van der Waals surface area contributed by atoms with Crippen molar-refractivity contribution < 1.29 is 33.8 Å². The molecule has 3 amide bonds. The van der Waals surface area contributed by atoms with Gasteiger partial charge in [-0.3, -0.25) is 14.4 Å². The standard InChI is InChI=1S/C25H35N3O7/c1-6-11-35-19-13-21(25(33)34-5)28(14-19)24(32)22(15(2)3)27-23(31)20(26-16(4)29)12-17-7-9-18(30)10-8-17/h6-10,15,19-22,30H,1,11-14H2,2-5H3,(H,26,29)(H,27,31)/t19?,20-,21-,22-/m0/s1. The predicted molar refractivity (Wildman–Crippen MR) is 128 cm³/mol. The molecule has 0 saturated carbocycles. The summed E-state index contributed by atoms with van der Waals surface area (Å²) in [5, 5.41) is 14.9. The molecule has 0 aliphatic carbocycles. The van der Waals surface area contributed by atoms with Gasteiger partial charge in [0.2, 0.25) is 17.7 Å². The Bertz CT molecular complexity index is 916. The Morgan fingerprint density at radius 1 is 1.20 bits per heavy atom. The van der Waals surface area contributed by atoms with Gasteiger partial charge < -0.3 is 30.1 Å². The van der Waals surface area contributed by atoms with Crippen LogP contribution in [0.4, 0.5) is 0 Å². The highest BCUT2D eigenvalue weighted by Gasteiger charge is 2.44. The topological polar surface area (TPSA) is 134 Å². The lowest BCUT2D eigenvalue weighted by molar-refractivity contribution is -0.152. The minimum absolute atomic E-state index is 0.0842. The van der Waals surface area contributed by atoms with Crippen molar-refractivity contribution in [3.8, 4) is 5.75 Å². The van der Waals surface area contributed by atoms with Gasteiger partial charge in [-0.1, -0.05) is 32.1 Å². The molecule has 35 heavy (non-hydrogen) atoms. The number of carbonyl (C=O) groups is 4. The molecule has 3 N–H and O–H groups in total. The van der Waals surface area contributed by atoms with Crippen LogP contribution in [-0.2, 0) is 35.1 Å². The van der Waals surface area contributed by atoms with E-state index in [2.05, 4.69) is 17.2 Å². The number of nitrogens with one attached hydrogen (secondary N) is 2. The molecule has 0 radical (unpaired) electrons. The molecular weight excluding hydrogens is 454 g/mol. The molecule has 1 fully saturated rings. The highest BCUT2D eigenvalue weighted by atomic mass is 16.5. The highest BCUT2D eigenvalue weighted by Crippen LogP contribution is 2.24. The van der Waals surface area contributed by atoms with Crippen molar-refractivity contribution in [2.45, 2.75) is 57.8 Å². The SMILES string of the molecule is C=CCOC1C[C@@H](C(=O)OC)N(C(=O)[C@@H](NC(=O)[C@H](Cc2ccc(O)cc2)NC(C)=O)C(C)C)C1. The number of hydrogen-bond donors (Lipinski definition) is 3. The number of esters is 1. The molecule has 0 aromatic heterocycles. The minimum atomic E-state index is -0.941. The minimum Gasteiger partial charge on any atom is -0.508 e. The van der Waals surface area contributed by atoms with E-state index in [0.717, 1.165) is 5.56 Å². The van der Waals surface area contributed by atoms with Crippen LogP contribution in [0, 0.1) is 5.92 Å². The van der Waals surface area contributed by atoms with Crippen molar-refractivity contribution in [2.24, 2.45) is 5.92 Å². The first kappa shape index (κ1) is 27.8. The van der Waals surface area contributed by atoms with E-state index in [1.54, 1.807) is 32.1 Å². The van der Waals surface area contributed by atoms with Gasteiger partial charge in [-0.2, -0.15) is 0 Å². The van der Waals surface area contributed by atoms with E-state index in [4.69, 9.17) is 9.47 Å². The van der Waals surface area contributed by atoms with Crippen LogP contribution in [-0.4, -0.2) is 78.2 Å². The third-order valence-corrected chi connectivity index (χ3v) is 5.77. The number of likely N-dealkylation sites (tertiary alicyclic amines) is 1. The van der Waals surface area contributed by atoms with E-state index >= 15 is 0 Å². The molecule has 1 aromatic rings. The Morgan fingerprint density at radius 3 is 2.40 bits per heavy atom. The number of aromatic hydroxyl groups is 1. The molecule has 1 saturated heterocycles. The maximum Gasteiger partial charge on any atom is 0.328 e. The average Bonchev–Trinajstić information content (AvgIpc) is 3.24. The first-order chi connectivity index (χ1) is 16.6. The van der Waals surface area contributed by atoms with E-state index in [1.807, 2.05) is 0 Å². The summed E-state index contributed by atoms with van der Waals surface area (Å²) in [6.07, 6.45) is 1.66. The quantitative estimate of drug-likeness (QED) is 0.311. The zero-order valence-electron chi connectivity index (χ0n) is 20.7. The number of nitrogens with zero attached hydrogens (tertiary/aromatic N) is 1. The Morgan fingerprint density at radius 2 is 1.86 bits per heavy atom. The summed E-state index contributed by atoms with van der Waals surface area (Å²) >= 11 is 0. The number of phenolic OH excluding ortho intramolecular Hbond substituents is 1. The summed E-state index contributed by atoms with van der Waals surface area (Å²) in [6, 6.07) is 3.57. The van der Waals surface area contributed by atoms with Crippen molar-refractivity contribution in [3.05, 3.63) is 42.5 Å². The summed E-state index contributed by atoms with van der Waals surface area (Å²) in [5.41, 5.74) is 0.719. The molecule has 192 valence electrons.